The zero-order chi connectivity index (χ0) is 37.5. The molecule has 1 atom stereocenters. The molecule has 0 saturated carbocycles. The van der Waals surface area contributed by atoms with Crippen molar-refractivity contribution in [3.8, 4) is 6.07 Å². The summed E-state index contributed by atoms with van der Waals surface area (Å²) in [6.07, 6.45) is 8.18. The zero-order valence-electron chi connectivity index (χ0n) is 31.0. The van der Waals surface area contributed by atoms with Crippen LogP contribution >= 0.6 is 0 Å². The van der Waals surface area contributed by atoms with Gasteiger partial charge in [-0.15, -0.1) is 0 Å². The lowest BCUT2D eigenvalue weighted by Gasteiger charge is -2.38. The van der Waals surface area contributed by atoms with E-state index in [1.54, 1.807) is 10.8 Å². The number of rotatable bonds is 7. The van der Waals surface area contributed by atoms with Gasteiger partial charge >= 0.3 is 0 Å². The van der Waals surface area contributed by atoms with Gasteiger partial charge < -0.3 is 24.6 Å². The first-order chi connectivity index (χ1) is 26.1. The molecular weight excluding hydrogens is 684 g/mol. The number of likely N-dealkylation sites (tertiary alicyclic amines) is 1. The Labute approximate surface area is 314 Å². The number of hydrogen-bond donors (Lipinski definition) is 2. The molecule has 8 rings (SSSR count). The van der Waals surface area contributed by atoms with Gasteiger partial charge in [-0.05, 0) is 118 Å². The number of piperidine rings is 3. The van der Waals surface area contributed by atoms with E-state index in [4.69, 9.17) is 0 Å². The molecule has 6 heterocycles. The molecule has 12 heteroatoms. The molecule has 0 spiro atoms. The van der Waals surface area contributed by atoms with Crippen molar-refractivity contribution < 1.29 is 14.0 Å². The fourth-order valence-corrected chi connectivity index (χ4v) is 8.99. The van der Waals surface area contributed by atoms with Crippen LogP contribution in [-0.2, 0) is 23.1 Å². The molecule has 2 aromatic heterocycles. The molecule has 2 amide bonds. The summed E-state index contributed by atoms with van der Waals surface area (Å²) in [6.45, 7) is 7.23. The number of nitrogens with one attached hydrogen (secondary N) is 2. The van der Waals surface area contributed by atoms with Gasteiger partial charge in [-0.2, -0.15) is 5.26 Å². The Balaban J connectivity index is 0.916. The second kappa shape index (κ2) is 14.9. The molecule has 3 fully saturated rings. The molecule has 2 aromatic carbocycles. The number of benzene rings is 2. The van der Waals surface area contributed by atoms with Crippen LogP contribution in [0.1, 0.15) is 73.1 Å². The number of nitriles is 1. The van der Waals surface area contributed by atoms with E-state index in [-0.39, 0.29) is 17.9 Å². The average Bonchev–Trinajstić information content (AvgIpc) is 3.18. The topological polar surface area (TPSA) is 127 Å². The number of aryl methyl sites for hydroxylation is 3. The summed E-state index contributed by atoms with van der Waals surface area (Å²) in [4.78, 5) is 48.1. The molecular formula is C42H47FN8O3. The second-order valence-electron chi connectivity index (χ2n) is 15.6. The van der Waals surface area contributed by atoms with Crippen LogP contribution in [0.4, 0.5) is 27.3 Å². The quantitative estimate of drug-likeness (QED) is 0.232. The molecule has 0 aliphatic carbocycles. The number of aromatic nitrogens is 2. The average molecular weight is 731 g/mol. The maximum absolute atomic E-state index is 15.2. The highest BCUT2D eigenvalue weighted by Gasteiger charge is 2.30. The first kappa shape index (κ1) is 35.7. The van der Waals surface area contributed by atoms with Gasteiger partial charge in [-0.3, -0.25) is 19.7 Å². The maximum atomic E-state index is 15.2. The Hall–Kier alpha value is -5.28. The smallest absolute Gasteiger partial charge is 0.253 e. The monoisotopic (exact) mass is 730 g/mol. The van der Waals surface area contributed by atoms with Crippen LogP contribution in [0.5, 0.6) is 0 Å². The number of amides is 2. The van der Waals surface area contributed by atoms with E-state index >= 15 is 4.39 Å². The van der Waals surface area contributed by atoms with Crippen molar-refractivity contribution in [1.82, 2.24) is 19.8 Å². The summed E-state index contributed by atoms with van der Waals surface area (Å²) in [7, 11) is 1.87. The van der Waals surface area contributed by atoms with Gasteiger partial charge in [-0.1, -0.05) is 6.07 Å². The normalized spacial score (nSPS) is 20.1. The summed E-state index contributed by atoms with van der Waals surface area (Å²) < 4.78 is 17.0. The number of fused-ring (bicyclic) bond motifs is 2. The standard InChI is InChI=1S/C42H47FN8O3/c1-26-18-33-37(48(2)42(26)54)20-31(21-38(33)51-13-3-4-30-6-5-28(23-44)19-36(30)51)29-11-14-49(15-12-29)25-27-9-16-50(17-10-27)40-34(43)22-32(24-45-40)46-35-7-8-39(52)47-41(35)53/h5-6,18-22,24,27,29,35,46H,3-4,7-17,25H2,1-2H3,(H,47,52,53). The number of pyridine rings is 2. The summed E-state index contributed by atoms with van der Waals surface area (Å²) >= 11 is 0. The van der Waals surface area contributed by atoms with Crippen molar-refractivity contribution in [2.75, 3.05) is 54.4 Å². The minimum Gasteiger partial charge on any atom is -0.372 e. The van der Waals surface area contributed by atoms with Crippen LogP contribution in [0.3, 0.4) is 0 Å². The number of nitrogens with zero attached hydrogens (tertiary/aromatic N) is 6. The van der Waals surface area contributed by atoms with Crippen LogP contribution in [-0.4, -0.2) is 71.6 Å². The Kier molecular flexibility index (Phi) is 9.83. The van der Waals surface area contributed by atoms with E-state index in [1.807, 2.05) is 37.1 Å². The van der Waals surface area contributed by atoms with Gasteiger partial charge in [0.05, 0.1) is 34.7 Å². The second-order valence-corrected chi connectivity index (χ2v) is 15.6. The minimum absolute atomic E-state index is 0.0228. The molecule has 3 saturated heterocycles. The van der Waals surface area contributed by atoms with Crippen LogP contribution in [0, 0.1) is 30.0 Å². The van der Waals surface area contributed by atoms with Crippen molar-refractivity contribution in [3.63, 3.8) is 0 Å². The minimum atomic E-state index is -0.586. The van der Waals surface area contributed by atoms with E-state index in [1.165, 1.54) is 17.2 Å². The number of carbonyl (C=O) groups is 2. The van der Waals surface area contributed by atoms with Gasteiger partial charge in [0.25, 0.3) is 5.56 Å². The van der Waals surface area contributed by atoms with Gasteiger partial charge in [0.15, 0.2) is 11.6 Å². The van der Waals surface area contributed by atoms with E-state index in [0.29, 0.717) is 35.3 Å². The molecule has 1 unspecified atom stereocenters. The number of carbonyl (C=O) groups excluding carboxylic acids is 2. The molecule has 280 valence electrons. The van der Waals surface area contributed by atoms with Crippen molar-refractivity contribution in [1.29, 1.82) is 5.26 Å². The van der Waals surface area contributed by atoms with Gasteiger partial charge in [-0.25, -0.2) is 9.37 Å². The third-order valence-corrected chi connectivity index (χ3v) is 12.0. The fraction of sp³-hybridized carbons (Fsp3) is 0.452. The van der Waals surface area contributed by atoms with E-state index in [2.05, 4.69) is 49.7 Å². The predicted octanol–water partition coefficient (Wildman–Crippen LogP) is 5.65. The molecule has 4 aromatic rings. The Bertz CT molecular complexity index is 2210. The molecule has 0 radical (unpaired) electrons. The maximum Gasteiger partial charge on any atom is 0.253 e. The lowest BCUT2D eigenvalue weighted by atomic mass is 9.87. The fourth-order valence-electron chi connectivity index (χ4n) is 8.99. The third-order valence-electron chi connectivity index (χ3n) is 12.0. The highest BCUT2D eigenvalue weighted by atomic mass is 19.1. The molecule has 2 N–H and O–H groups in total. The molecule has 4 aliphatic heterocycles. The summed E-state index contributed by atoms with van der Waals surface area (Å²) in [5.74, 6) is 0.128. The van der Waals surface area contributed by atoms with Crippen LogP contribution < -0.4 is 26.0 Å². The number of anilines is 4. The number of halogens is 1. The Morgan fingerprint density at radius 2 is 1.74 bits per heavy atom. The summed E-state index contributed by atoms with van der Waals surface area (Å²) in [5, 5.41) is 16.1. The van der Waals surface area contributed by atoms with Crippen molar-refractivity contribution >= 4 is 45.6 Å². The largest absolute Gasteiger partial charge is 0.372 e. The first-order valence-corrected chi connectivity index (χ1v) is 19.3. The van der Waals surface area contributed by atoms with Crippen LogP contribution in [0.15, 0.2) is 53.5 Å². The summed E-state index contributed by atoms with van der Waals surface area (Å²) in [5.41, 5.74) is 7.48. The zero-order valence-corrected chi connectivity index (χ0v) is 31.0. The highest BCUT2D eigenvalue weighted by molar-refractivity contribution is 6.01. The molecule has 4 aliphatic rings. The SMILES string of the molecule is Cc1cc2c(N3CCCc4ccc(C#N)cc43)cc(C3CCN(CC4CCN(c5ncc(NC6CCC(=O)NC6=O)cc5F)CC4)CC3)cc2n(C)c1=O. The number of imide groups is 1. The Morgan fingerprint density at radius 3 is 2.48 bits per heavy atom. The van der Waals surface area contributed by atoms with E-state index < -0.39 is 17.8 Å². The van der Waals surface area contributed by atoms with Crippen molar-refractivity contribution in [2.24, 2.45) is 13.0 Å². The third kappa shape index (κ3) is 7.05. The first-order valence-electron chi connectivity index (χ1n) is 19.3. The van der Waals surface area contributed by atoms with Crippen LogP contribution in [0.25, 0.3) is 10.9 Å². The lowest BCUT2D eigenvalue weighted by Crippen LogP contribution is -2.47. The molecule has 54 heavy (non-hydrogen) atoms. The van der Waals surface area contributed by atoms with E-state index in [9.17, 15) is 19.6 Å². The highest BCUT2D eigenvalue weighted by Crippen LogP contribution is 2.41. The lowest BCUT2D eigenvalue weighted by molar-refractivity contribution is -0.133. The van der Waals surface area contributed by atoms with Gasteiger partial charge in [0.2, 0.25) is 11.8 Å². The van der Waals surface area contributed by atoms with Crippen LogP contribution in [0.2, 0.25) is 0 Å². The molecule has 11 nitrogen and oxygen atoms in total. The number of hydrogen-bond acceptors (Lipinski definition) is 9. The summed E-state index contributed by atoms with van der Waals surface area (Å²) in [6, 6.07) is 15.7. The van der Waals surface area contributed by atoms with E-state index in [0.717, 1.165) is 106 Å². The molecule has 0 bridgehead atoms. The van der Waals surface area contributed by atoms with Crippen molar-refractivity contribution in [2.45, 2.75) is 70.3 Å². The van der Waals surface area contributed by atoms with Crippen molar-refractivity contribution in [3.05, 3.63) is 87.1 Å². The predicted molar refractivity (Wildman–Crippen MR) is 208 cm³/mol. The Morgan fingerprint density at radius 1 is 0.944 bits per heavy atom. The van der Waals surface area contributed by atoms with Gasteiger partial charge in [0.1, 0.15) is 6.04 Å². The van der Waals surface area contributed by atoms with Gasteiger partial charge in [0, 0.05) is 62.4 Å².